The Balaban J connectivity index is 1.73. The summed E-state index contributed by atoms with van der Waals surface area (Å²) in [4.78, 5) is 32.8. The van der Waals surface area contributed by atoms with Crippen LogP contribution in [-0.4, -0.2) is 22.1 Å². The highest BCUT2D eigenvalue weighted by Gasteiger charge is 2.13. The van der Waals surface area contributed by atoms with Crippen LogP contribution in [0.4, 0.5) is 0 Å². The van der Waals surface area contributed by atoms with Gasteiger partial charge in [0.25, 0.3) is 5.56 Å². The number of hydrogen-bond acceptors (Lipinski definition) is 6. The number of rotatable bonds is 4. The molecule has 0 saturated heterocycles. The van der Waals surface area contributed by atoms with Gasteiger partial charge in [-0.2, -0.15) is 16.4 Å². The normalized spacial score (nSPS) is 11.4. The molecule has 0 unspecified atom stereocenters. The molecule has 0 fully saturated rings. The van der Waals surface area contributed by atoms with E-state index in [0.717, 1.165) is 16.0 Å². The van der Waals surface area contributed by atoms with Gasteiger partial charge in [0.2, 0.25) is 5.91 Å². The van der Waals surface area contributed by atoms with Gasteiger partial charge in [0.15, 0.2) is 0 Å². The van der Waals surface area contributed by atoms with E-state index in [0.29, 0.717) is 16.0 Å². The molecule has 0 bridgehead atoms. The predicted octanol–water partition coefficient (Wildman–Crippen LogP) is 2.36. The number of fused-ring (bicyclic) bond motifs is 1. The summed E-state index contributed by atoms with van der Waals surface area (Å²) in [5.41, 5.74) is 4.09. The van der Waals surface area contributed by atoms with Gasteiger partial charge in [-0.25, -0.2) is 10.4 Å². The Labute approximate surface area is 139 Å². The largest absolute Gasteiger partial charge is 0.309 e. The topological polar surface area (TPSA) is 87.2 Å². The van der Waals surface area contributed by atoms with Crippen LogP contribution in [0.25, 0.3) is 10.2 Å². The van der Waals surface area contributed by atoms with Gasteiger partial charge in [-0.3, -0.25) is 9.59 Å². The summed E-state index contributed by atoms with van der Waals surface area (Å²) in [6.07, 6.45) is 1.54. The number of hydrogen-bond donors (Lipinski definition) is 2. The first-order valence-corrected chi connectivity index (χ1v) is 8.63. The first kappa shape index (κ1) is 15.6. The molecule has 3 heterocycles. The average Bonchev–Trinajstić information content (AvgIpc) is 3.08. The second-order valence-electron chi connectivity index (χ2n) is 5.00. The summed E-state index contributed by atoms with van der Waals surface area (Å²) < 4.78 is 0. The molecule has 0 spiro atoms. The summed E-state index contributed by atoms with van der Waals surface area (Å²) in [6.45, 7) is 3.85. The standard InChI is InChI=1S/C15H14N4O2S2/c1-8-9(2)23-15-13(8)14(21)17-11(18-15)5-12(20)19-16-6-10-3-4-22-7-10/h3-4,6-7H,5H2,1-2H3,(H,19,20)(H,17,18,21)/b16-6-. The number of carbonyl (C=O) groups excluding carboxylic acids is 1. The molecule has 3 rings (SSSR count). The second kappa shape index (κ2) is 6.43. The van der Waals surface area contributed by atoms with Gasteiger partial charge < -0.3 is 4.98 Å². The zero-order valence-electron chi connectivity index (χ0n) is 12.5. The van der Waals surface area contributed by atoms with Crippen molar-refractivity contribution in [2.75, 3.05) is 0 Å². The molecule has 3 aromatic rings. The van der Waals surface area contributed by atoms with Crippen LogP contribution < -0.4 is 11.0 Å². The number of aromatic amines is 1. The van der Waals surface area contributed by atoms with Gasteiger partial charge in [0.1, 0.15) is 10.7 Å². The Morgan fingerprint density at radius 2 is 2.30 bits per heavy atom. The second-order valence-corrected chi connectivity index (χ2v) is 6.99. The van der Waals surface area contributed by atoms with E-state index in [4.69, 9.17) is 0 Å². The number of aryl methyl sites for hydroxylation is 2. The van der Waals surface area contributed by atoms with Crippen molar-refractivity contribution in [1.82, 2.24) is 15.4 Å². The highest BCUT2D eigenvalue weighted by atomic mass is 32.1. The minimum Gasteiger partial charge on any atom is -0.309 e. The minimum atomic E-state index is -0.330. The SMILES string of the molecule is Cc1sc2nc(CC(=O)N/N=C\c3ccsc3)[nH]c(=O)c2c1C. The van der Waals surface area contributed by atoms with Crippen molar-refractivity contribution < 1.29 is 4.79 Å². The third kappa shape index (κ3) is 3.38. The number of carbonyl (C=O) groups is 1. The Kier molecular flexibility index (Phi) is 4.35. The lowest BCUT2D eigenvalue weighted by molar-refractivity contribution is -0.120. The summed E-state index contributed by atoms with van der Waals surface area (Å²) in [5.74, 6) is 0.0102. The Bertz CT molecular complexity index is 938. The van der Waals surface area contributed by atoms with Gasteiger partial charge in [0.05, 0.1) is 18.0 Å². The lowest BCUT2D eigenvalue weighted by atomic mass is 10.2. The van der Waals surface area contributed by atoms with Crippen LogP contribution in [0, 0.1) is 13.8 Å². The Morgan fingerprint density at radius 1 is 1.48 bits per heavy atom. The van der Waals surface area contributed by atoms with E-state index in [9.17, 15) is 9.59 Å². The molecule has 0 saturated carbocycles. The van der Waals surface area contributed by atoms with Crippen LogP contribution in [-0.2, 0) is 11.2 Å². The number of amides is 1. The molecule has 2 N–H and O–H groups in total. The van der Waals surface area contributed by atoms with Gasteiger partial charge in [0, 0.05) is 10.4 Å². The number of nitrogens with zero attached hydrogens (tertiary/aromatic N) is 2. The van der Waals surface area contributed by atoms with E-state index in [-0.39, 0.29) is 17.9 Å². The molecule has 0 atom stereocenters. The van der Waals surface area contributed by atoms with Crippen molar-refractivity contribution in [1.29, 1.82) is 0 Å². The van der Waals surface area contributed by atoms with Gasteiger partial charge in [-0.05, 0) is 36.2 Å². The first-order chi connectivity index (χ1) is 11.0. The van der Waals surface area contributed by atoms with E-state index in [1.807, 2.05) is 30.7 Å². The molecular formula is C15H14N4O2S2. The van der Waals surface area contributed by atoms with Crippen LogP contribution >= 0.6 is 22.7 Å². The maximum atomic E-state index is 12.1. The molecular weight excluding hydrogens is 332 g/mol. The lowest BCUT2D eigenvalue weighted by Crippen LogP contribution is -2.23. The summed E-state index contributed by atoms with van der Waals surface area (Å²) in [6, 6.07) is 1.90. The number of aromatic nitrogens is 2. The lowest BCUT2D eigenvalue weighted by Gasteiger charge is -2.00. The molecule has 0 aromatic carbocycles. The van der Waals surface area contributed by atoms with Crippen molar-refractivity contribution in [3.63, 3.8) is 0 Å². The highest BCUT2D eigenvalue weighted by molar-refractivity contribution is 7.18. The summed E-state index contributed by atoms with van der Waals surface area (Å²) >= 11 is 3.01. The van der Waals surface area contributed by atoms with Crippen molar-refractivity contribution in [3.05, 3.63) is 49.0 Å². The third-order valence-electron chi connectivity index (χ3n) is 3.36. The quantitative estimate of drug-likeness (QED) is 0.561. The van der Waals surface area contributed by atoms with E-state index in [1.165, 1.54) is 11.3 Å². The minimum absolute atomic E-state index is 0.0256. The van der Waals surface area contributed by atoms with Crippen molar-refractivity contribution in [2.24, 2.45) is 5.10 Å². The van der Waals surface area contributed by atoms with E-state index < -0.39 is 0 Å². The molecule has 23 heavy (non-hydrogen) atoms. The summed E-state index contributed by atoms with van der Waals surface area (Å²) in [5, 5.41) is 8.33. The number of hydrazone groups is 1. The fraction of sp³-hybridized carbons (Fsp3) is 0.200. The van der Waals surface area contributed by atoms with E-state index in [1.54, 1.807) is 17.6 Å². The highest BCUT2D eigenvalue weighted by Crippen LogP contribution is 2.25. The first-order valence-electron chi connectivity index (χ1n) is 6.87. The molecule has 3 aromatic heterocycles. The number of H-pyrrole nitrogens is 1. The molecule has 0 aliphatic carbocycles. The van der Waals surface area contributed by atoms with E-state index >= 15 is 0 Å². The maximum absolute atomic E-state index is 12.1. The van der Waals surface area contributed by atoms with Crippen LogP contribution in [0.2, 0.25) is 0 Å². The Morgan fingerprint density at radius 3 is 3.04 bits per heavy atom. The van der Waals surface area contributed by atoms with Crippen LogP contribution in [0.5, 0.6) is 0 Å². The fourth-order valence-electron chi connectivity index (χ4n) is 2.10. The van der Waals surface area contributed by atoms with Crippen LogP contribution in [0.15, 0.2) is 26.7 Å². The molecule has 0 aliphatic rings. The van der Waals surface area contributed by atoms with Crippen LogP contribution in [0.3, 0.4) is 0 Å². The molecule has 6 nitrogen and oxygen atoms in total. The van der Waals surface area contributed by atoms with Crippen molar-refractivity contribution in [3.8, 4) is 0 Å². The monoisotopic (exact) mass is 346 g/mol. The zero-order valence-corrected chi connectivity index (χ0v) is 14.2. The van der Waals surface area contributed by atoms with Crippen molar-refractivity contribution in [2.45, 2.75) is 20.3 Å². The molecule has 118 valence electrons. The number of nitrogens with one attached hydrogen (secondary N) is 2. The Hall–Kier alpha value is -2.32. The third-order valence-corrected chi connectivity index (χ3v) is 5.16. The van der Waals surface area contributed by atoms with Crippen molar-refractivity contribution >= 4 is 45.0 Å². The van der Waals surface area contributed by atoms with Gasteiger partial charge in [-0.1, -0.05) is 0 Å². The molecule has 0 radical (unpaired) electrons. The summed E-state index contributed by atoms with van der Waals surface area (Å²) in [7, 11) is 0. The van der Waals surface area contributed by atoms with Gasteiger partial charge in [-0.15, -0.1) is 11.3 Å². The maximum Gasteiger partial charge on any atom is 0.259 e. The molecule has 8 heteroatoms. The van der Waals surface area contributed by atoms with Gasteiger partial charge >= 0.3 is 0 Å². The average molecular weight is 346 g/mol. The van der Waals surface area contributed by atoms with E-state index in [2.05, 4.69) is 20.5 Å². The predicted molar refractivity (Wildman–Crippen MR) is 93.5 cm³/mol. The smallest absolute Gasteiger partial charge is 0.259 e. The fourth-order valence-corrected chi connectivity index (χ4v) is 3.76. The molecule has 0 aliphatic heterocycles. The molecule has 1 amide bonds. The van der Waals surface area contributed by atoms with Crippen LogP contribution in [0.1, 0.15) is 21.8 Å². The zero-order chi connectivity index (χ0) is 16.4. The number of thiophene rings is 2.